The molecule has 0 aliphatic rings. The summed E-state index contributed by atoms with van der Waals surface area (Å²) in [6, 6.07) is 12.8. The van der Waals surface area contributed by atoms with Crippen LogP contribution in [-0.4, -0.2) is 22.0 Å². The first kappa shape index (κ1) is 20.3. The third kappa shape index (κ3) is 4.43. The Morgan fingerprint density at radius 2 is 2.10 bits per heavy atom. The standard InChI is InChI=1S/C20H15ClN4O3S2/c1-28-18-6-5-12(8-17(18)25(26)27)16-11-29-19(24-16)13-3-2-4-14(7-13)22-9-15-10-23-20(21)30-15/h2-8,10-11,22H,9H2,1H3. The first-order chi connectivity index (χ1) is 14.5. The molecule has 0 aliphatic heterocycles. The molecule has 4 rings (SSSR count). The third-order valence-electron chi connectivity index (χ3n) is 4.28. The second kappa shape index (κ2) is 8.78. The summed E-state index contributed by atoms with van der Waals surface area (Å²) in [7, 11) is 1.41. The van der Waals surface area contributed by atoms with Gasteiger partial charge in [-0.1, -0.05) is 23.7 Å². The molecule has 2 heterocycles. The van der Waals surface area contributed by atoms with Crippen LogP contribution in [0.4, 0.5) is 11.4 Å². The molecule has 0 saturated carbocycles. The third-order valence-corrected chi connectivity index (χ3v) is 6.28. The van der Waals surface area contributed by atoms with E-state index in [2.05, 4.69) is 15.3 Å². The molecule has 2 aromatic heterocycles. The molecule has 4 aromatic rings. The lowest BCUT2D eigenvalue weighted by atomic mass is 10.1. The van der Waals surface area contributed by atoms with Gasteiger partial charge < -0.3 is 10.1 Å². The van der Waals surface area contributed by atoms with Crippen LogP contribution in [0.2, 0.25) is 4.47 Å². The van der Waals surface area contributed by atoms with Gasteiger partial charge in [0.15, 0.2) is 10.2 Å². The zero-order valence-corrected chi connectivity index (χ0v) is 18.1. The summed E-state index contributed by atoms with van der Waals surface area (Å²) < 4.78 is 5.59. The number of methoxy groups -OCH3 is 1. The molecule has 0 radical (unpaired) electrons. The van der Waals surface area contributed by atoms with E-state index in [1.807, 2.05) is 29.6 Å². The van der Waals surface area contributed by atoms with Gasteiger partial charge in [0.2, 0.25) is 0 Å². The monoisotopic (exact) mass is 458 g/mol. The van der Waals surface area contributed by atoms with Crippen molar-refractivity contribution in [2.45, 2.75) is 6.54 Å². The maximum absolute atomic E-state index is 11.3. The molecule has 10 heteroatoms. The second-order valence-electron chi connectivity index (χ2n) is 6.20. The zero-order valence-electron chi connectivity index (χ0n) is 15.7. The predicted octanol–water partition coefficient (Wildman–Crippen LogP) is 6.12. The SMILES string of the molecule is COc1ccc(-c2csc(-c3cccc(NCc4cnc(Cl)s4)c3)n2)cc1[N+](=O)[O-]. The molecule has 1 N–H and O–H groups in total. The summed E-state index contributed by atoms with van der Waals surface area (Å²) in [6.45, 7) is 0.631. The Balaban J connectivity index is 1.55. The summed E-state index contributed by atoms with van der Waals surface area (Å²) in [5.41, 5.74) is 3.18. The van der Waals surface area contributed by atoms with Crippen molar-refractivity contribution in [2.75, 3.05) is 12.4 Å². The first-order valence-electron chi connectivity index (χ1n) is 8.76. The highest BCUT2D eigenvalue weighted by Gasteiger charge is 2.17. The number of nitrogens with zero attached hydrogens (tertiary/aromatic N) is 3. The number of thiazole rings is 2. The van der Waals surface area contributed by atoms with Crippen molar-refractivity contribution in [1.29, 1.82) is 0 Å². The molecule has 0 amide bonds. The fourth-order valence-electron chi connectivity index (χ4n) is 2.85. The quantitative estimate of drug-likeness (QED) is 0.265. The Bertz CT molecular complexity index is 1210. The van der Waals surface area contributed by atoms with Crippen LogP contribution in [-0.2, 0) is 6.54 Å². The maximum atomic E-state index is 11.3. The molecular weight excluding hydrogens is 444 g/mol. The lowest BCUT2D eigenvalue weighted by Crippen LogP contribution is -1.97. The minimum atomic E-state index is -0.457. The van der Waals surface area contributed by atoms with Crippen LogP contribution in [0.25, 0.3) is 21.8 Å². The Morgan fingerprint density at radius 1 is 1.23 bits per heavy atom. The summed E-state index contributed by atoms with van der Waals surface area (Å²) >= 11 is 8.79. The Labute approximate surface area is 185 Å². The summed E-state index contributed by atoms with van der Waals surface area (Å²) in [5.74, 6) is 0.222. The molecule has 152 valence electrons. The lowest BCUT2D eigenvalue weighted by molar-refractivity contribution is -0.385. The Hall–Kier alpha value is -3.01. The number of hydrogen-bond donors (Lipinski definition) is 1. The number of aromatic nitrogens is 2. The molecule has 0 spiro atoms. The molecule has 0 fully saturated rings. The number of halogens is 1. The Kier molecular flexibility index (Phi) is 5.93. The number of benzene rings is 2. The molecule has 7 nitrogen and oxygen atoms in total. The van der Waals surface area contributed by atoms with Crippen LogP contribution >= 0.6 is 34.3 Å². The summed E-state index contributed by atoms with van der Waals surface area (Å²) in [4.78, 5) is 20.6. The van der Waals surface area contributed by atoms with Gasteiger partial charge in [-0.2, -0.15) is 0 Å². The number of nitro groups is 1. The molecule has 0 saturated heterocycles. The highest BCUT2D eigenvalue weighted by Crippen LogP contribution is 2.35. The second-order valence-corrected chi connectivity index (χ2v) is 8.75. The van der Waals surface area contributed by atoms with E-state index in [1.54, 1.807) is 18.3 Å². The van der Waals surface area contributed by atoms with Gasteiger partial charge in [-0.15, -0.1) is 22.7 Å². The molecule has 0 aliphatic carbocycles. The minimum absolute atomic E-state index is 0.0843. The molecule has 0 atom stereocenters. The van der Waals surface area contributed by atoms with E-state index >= 15 is 0 Å². The van der Waals surface area contributed by atoms with Gasteiger partial charge in [0.25, 0.3) is 0 Å². The van der Waals surface area contributed by atoms with Crippen LogP contribution < -0.4 is 10.1 Å². The molecular formula is C20H15ClN4O3S2. The van der Waals surface area contributed by atoms with Crippen LogP contribution in [0.3, 0.4) is 0 Å². The van der Waals surface area contributed by atoms with E-state index in [9.17, 15) is 10.1 Å². The van der Waals surface area contributed by atoms with Crippen molar-refractivity contribution in [3.8, 4) is 27.6 Å². The first-order valence-corrected chi connectivity index (χ1v) is 10.8. The van der Waals surface area contributed by atoms with E-state index in [0.717, 1.165) is 21.1 Å². The number of ether oxygens (including phenoxy) is 1. The smallest absolute Gasteiger partial charge is 0.311 e. The van der Waals surface area contributed by atoms with Gasteiger partial charge in [0, 0.05) is 39.3 Å². The van der Waals surface area contributed by atoms with Gasteiger partial charge in [-0.25, -0.2) is 9.97 Å². The molecule has 2 aromatic carbocycles. The van der Waals surface area contributed by atoms with Crippen molar-refractivity contribution in [2.24, 2.45) is 0 Å². The van der Waals surface area contributed by atoms with Crippen molar-refractivity contribution in [3.05, 3.63) is 73.5 Å². The summed E-state index contributed by atoms with van der Waals surface area (Å²) in [6.07, 6.45) is 1.75. The van der Waals surface area contributed by atoms with Crippen molar-refractivity contribution in [1.82, 2.24) is 9.97 Å². The highest BCUT2D eigenvalue weighted by atomic mass is 35.5. The zero-order chi connectivity index (χ0) is 21.1. The van der Waals surface area contributed by atoms with E-state index in [4.69, 9.17) is 16.3 Å². The average Bonchev–Trinajstić information content (AvgIpc) is 3.41. The van der Waals surface area contributed by atoms with Crippen molar-refractivity contribution < 1.29 is 9.66 Å². The Morgan fingerprint density at radius 3 is 2.83 bits per heavy atom. The number of anilines is 1. The topological polar surface area (TPSA) is 90.2 Å². The van der Waals surface area contributed by atoms with E-state index in [1.165, 1.54) is 35.8 Å². The van der Waals surface area contributed by atoms with Gasteiger partial charge >= 0.3 is 5.69 Å². The number of rotatable bonds is 7. The van der Waals surface area contributed by atoms with E-state index < -0.39 is 4.92 Å². The van der Waals surface area contributed by atoms with Crippen LogP contribution in [0.5, 0.6) is 5.75 Å². The predicted molar refractivity (Wildman–Crippen MR) is 121 cm³/mol. The lowest BCUT2D eigenvalue weighted by Gasteiger charge is -2.06. The van der Waals surface area contributed by atoms with Crippen molar-refractivity contribution in [3.63, 3.8) is 0 Å². The fourth-order valence-corrected chi connectivity index (χ4v) is 4.59. The van der Waals surface area contributed by atoms with Gasteiger partial charge in [-0.3, -0.25) is 10.1 Å². The van der Waals surface area contributed by atoms with Crippen LogP contribution in [0.15, 0.2) is 54.0 Å². The van der Waals surface area contributed by atoms with Gasteiger partial charge in [0.05, 0.1) is 24.3 Å². The number of hydrogen-bond acceptors (Lipinski definition) is 8. The summed E-state index contributed by atoms with van der Waals surface area (Å²) in [5, 5.41) is 17.4. The van der Waals surface area contributed by atoms with Crippen LogP contribution in [0, 0.1) is 10.1 Å². The number of nitro benzene ring substituents is 1. The van der Waals surface area contributed by atoms with Gasteiger partial charge in [-0.05, 0) is 24.3 Å². The molecule has 0 unspecified atom stereocenters. The normalized spacial score (nSPS) is 10.7. The molecule has 0 bridgehead atoms. The minimum Gasteiger partial charge on any atom is -0.490 e. The van der Waals surface area contributed by atoms with E-state index in [-0.39, 0.29) is 11.4 Å². The van der Waals surface area contributed by atoms with Crippen LogP contribution in [0.1, 0.15) is 4.88 Å². The van der Waals surface area contributed by atoms with E-state index in [0.29, 0.717) is 22.3 Å². The molecule has 30 heavy (non-hydrogen) atoms. The maximum Gasteiger partial charge on any atom is 0.311 e. The fraction of sp³-hybridized carbons (Fsp3) is 0.100. The highest BCUT2D eigenvalue weighted by molar-refractivity contribution is 7.15. The largest absolute Gasteiger partial charge is 0.490 e. The van der Waals surface area contributed by atoms with Crippen molar-refractivity contribution >= 4 is 45.6 Å². The van der Waals surface area contributed by atoms with Gasteiger partial charge in [0.1, 0.15) is 5.01 Å². The number of nitrogens with one attached hydrogen (secondary N) is 1. The average molecular weight is 459 g/mol.